The highest BCUT2D eigenvalue weighted by atomic mass is 31.1. The molecule has 0 N–H and O–H groups in total. The highest BCUT2D eigenvalue weighted by molar-refractivity contribution is 7.80. The van der Waals surface area contributed by atoms with Crippen LogP contribution in [0.1, 0.15) is 0 Å². The van der Waals surface area contributed by atoms with Gasteiger partial charge < -0.3 is 4.90 Å². The molecule has 4 aromatic carbocycles. The Morgan fingerprint density at radius 1 is 0.519 bits per heavy atom. The molecule has 0 atom stereocenters. The minimum Gasteiger partial charge on any atom is -0.344 e. The molecule has 27 heavy (non-hydrogen) atoms. The summed E-state index contributed by atoms with van der Waals surface area (Å²) in [5.41, 5.74) is 2.45. The SMILES string of the molecule is CN(c1ccccc1)c1ccccc1P(c1ccccc1)c1ccccc1. The molecule has 4 rings (SSSR count). The van der Waals surface area contributed by atoms with Crippen molar-refractivity contribution in [2.24, 2.45) is 0 Å². The van der Waals surface area contributed by atoms with E-state index in [2.05, 4.69) is 127 Å². The summed E-state index contributed by atoms with van der Waals surface area (Å²) >= 11 is 0. The van der Waals surface area contributed by atoms with Gasteiger partial charge in [-0.15, -0.1) is 0 Å². The lowest BCUT2D eigenvalue weighted by atomic mass is 10.2. The zero-order valence-electron chi connectivity index (χ0n) is 15.4. The Morgan fingerprint density at radius 2 is 0.963 bits per heavy atom. The second-order valence-electron chi connectivity index (χ2n) is 6.39. The second kappa shape index (κ2) is 8.20. The van der Waals surface area contributed by atoms with Gasteiger partial charge in [0.25, 0.3) is 0 Å². The highest BCUT2D eigenvalue weighted by Crippen LogP contribution is 2.37. The van der Waals surface area contributed by atoms with Crippen LogP contribution in [0.5, 0.6) is 0 Å². The maximum absolute atomic E-state index is 2.29. The first-order valence-corrected chi connectivity index (χ1v) is 10.5. The number of hydrogen-bond acceptors (Lipinski definition) is 1. The zero-order chi connectivity index (χ0) is 18.5. The van der Waals surface area contributed by atoms with Gasteiger partial charge in [-0.25, -0.2) is 0 Å². The molecule has 0 saturated heterocycles. The van der Waals surface area contributed by atoms with Crippen LogP contribution >= 0.6 is 7.92 Å². The molecule has 0 saturated carbocycles. The van der Waals surface area contributed by atoms with E-state index in [1.165, 1.54) is 27.3 Å². The minimum absolute atomic E-state index is 0.631. The van der Waals surface area contributed by atoms with Crippen LogP contribution in [-0.2, 0) is 0 Å². The fourth-order valence-corrected chi connectivity index (χ4v) is 5.79. The summed E-state index contributed by atoms with van der Waals surface area (Å²) in [6.45, 7) is 0. The summed E-state index contributed by atoms with van der Waals surface area (Å²) in [6.07, 6.45) is 0. The lowest BCUT2D eigenvalue weighted by molar-refractivity contribution is 1.22. The summed E-state index contributed by atoms with van der Waals surface area (Å²) in [5, 5.41) is 4.11. The van der Waals surface area contributed by atoms with Gasteiger partial charge in [0.15, 0.2) is 0 Å². The van der Waals surface area contributed by atoms with Crippen molar-refractivity contribution in [3.63, 3.8) is 0 Å². The predicted octanol–water partition coefficient (Wildman–Crippen LogP) is 5.21. The Hall–Kier alpha value is -2.89. The molecule has 0 heterocycles. The van der Waals surface area contributed by atoms with Gasteiger partial charge in [0.1, 0.15) is 0 Å². The largest absolute Gasteiger partial charge is 0.344 e. The van der Waals surface area contributed by atoms with E-state index in [1.54, 1.807) is 0 Å². The molecule has 132 valence electrons. The van der Waals surface area contributed by atoms with Crippen molar-refractivity contribution in [2.45, 2.75) is 0 Å². The van der Waals surface area contributed by atoms with Crippen molar-refractivity contribution in [1.29, 1.82) is 0 Å². The third-order valence-corrected chi connectivity index (χ3v) is 7.15. The van der Waals surface area contributed by atoms with E-state index >= 15 is 0 Å². The predicted molar refractivity (Wildman–Crippen MR) is 120 cm³/mol. The average Bonchev–Trinajstić information content (AvgIpc) is 2.76. The molecule has 0 aromatic heterocycles. The molecule has 4 aromatic rings. The summed E-state index contributed by atoms with van der Waals surface area (Å²) < 4.78 is 0. The monoisotopic (exact) mass is 367 g/mol. The Morgan fingerprint density at radius 3 is 1.52 bits per heavy atom. The minimum atomic E-state index is -0.631. The van der Waals surface area contributed by atoms with Crippen LogP contribution in [0.2, 0.25) is 0 Å². The molecule has 0 aliphatic carbocycles. The van der Waals surface area contributed by atoms with E-state index in [1.807, 2.05) is 0 Å². The number of para-hydroxylation sites is 2. The third-order valence-electron chi connectivity index (χ3n) is 4.66. The van der Waals surface area contributed by atoms with Crippen molar-refractivity contribution in [1.82, 2.24) is 0 Å². The maximum Gasteiger partial charge on any atom is 0.0492 e. The lowest BCUT2D eigenvalue weighted by Gasteiger charge is -2.27. The van der Waals surface area contributed by atoms with E-state index in [0.29, 0.717) is 0 Å². The van der Waals surface area contributed by atoms with Gasteiger partial charge in [-0.3, -0.25) is 0 Å². The molecular weight excluding hydrogens is 345 g/mol. The molecule has 2 heteroatoms. The first-order valence-electron chi connectivity index (χ1n) is 9.12. The summed E-state index contributed by atoms with van der Waals surface area (Å²) in [4.78, 5) is 2.29. The van der Waals surface area contributed by atoms with Crippen LogP contribution in [0.3, 0.4) is 0 Å². The van der Waals surface area contributed by atoms with E-state index in [0.717, 1.165) is 0 Å². The Balaban J connectivity index is 1.87. The number of anilines is 2. The number of hydrogen-bond donors (Lipinski definition) is 0. The molecule has 0 spiro atoms. The van der Waals surface area contributed by atoms with Crippen LogP contribution in [0, 0.1) is 0 Å². The molecule has 0 aliphatic rings. The van der Waals surface area contributed by atoms with Gasteiger partial charge in [0, 0.05) is 23.7 Å². The molecule has 0 radical (unpaired) electrons. The Bertz CT molecular complexity index is 945. The third kappa shape index (κ3) is 3.79. The molecule has 0 bridgehead atoms. The maximum atomic E-state index is 2.29. The standard InChI is InChI=1S/C25H22NP/c1-26(21-13-5-2-6-14-21)24-19-11-12-20-25(24)27(22-15-7-3-8-16-22)23-17-9-4-10-18-23/h2-20H,1H3. The average molecular weight is 367 g/mol. The van der Waals surface area contributed by atoms with Gasteiger partial charge in [-0.1, -0.05) is 97.1 Å². The topological polar surface area (TPSA) is 3.24 Å². The normalized spacial score (nSPS) is 10.7. The van der Waals surface area contributed by atoms with Gasteiger partial charge in [0.2, 0.25) is 0 Å². The van der Waals surface area contributed by atoms with Gasteiger partial charge in [-0.05, 0) is 36.7 Å². The molecule has 0 unspecified atom stereocenters. The van der Waals surface area contributed by atoms with E-state index in [4.69, 9.17) is 0 Å². The van der Waals surface area contributed by atoms with Crippen molar-refractivity contribution in [2.75, 3.05) is 11.9 Å². The lowest BCUT2D eigenvalue weighted by Crippen LogP contribution is -2.25. The summed E-state index contributed by atoms with van der Waals surface area (Å²) in [7, 11) is 1.52. The van der Waals surface area contributed by atoms with Crippen LogP contribution in [0.4, 0.5) is 11.4 Å². The zero-order valence-corrected chi connectivity index (χ0v) is 16.3. The quantitative estimate of drug-likeness (QED) is 0.438. The van der Waals surface area contributed by atoms with Crippen molar-refractivity contribution >= 4 is 35.2 Å². The summed E-state index contributed by atoms with van der Waals surface area (Å²) in [6, 6.07) is 41.0. The van der Waals surface area contributed by atoms with Gasteiger partial charge in [-0.2, -0.15) is 0 Å². The first-order chi connectivity index (χ1) is 13.3. The first kappa shape index (κ1) is 17.5. The highest BCUT2D eigenvalue weighted by Gasteiger charge is 2.21. The fourth-order valence-electron chi connectivity index (χ4n) is 3.31. The van der Waals surface area contributed by atoms with Crippen LogP contribution in [-0.4, -0.2) is 7.05 Å². The van der Waals surface area contributed by atoms with Crippen molar-refractivity contribution in [3.8, 4) is 0 Å². The van der Waals surface area contributed by atoms with E-state index in [-0.39, 0.29) is 0 Å². The molecule has 0 fully saturated rings. The molecule has 1 nitrogen and oxygen atoms in total. The number of benzene rings is 4. The van der Waals surface area contributed by atoms with Crippen molar-refractivity contribution < 1.29 is 0 Å². The van der Waals surface area contributed by atoms with Crippen LogP contribution < -0.4 is 20.8 Å². The van der Waals surface area contributed by atoms with E-state index in [9.17, 15) is 0 Å². The number of rotatable bonds is 5. The number of nitrogens with zero attached hydrogens (tertiary/aromatic N) is 1. The second-order valence-corrected chi connectivity index (χ2v) is 8.58. The van der Waals surface area contributed by atoms with Gasteiger partial charge in [0.05, 0.1) is 0 Å². The van der Waals surface area contributed by atoms with Crippen LogP contribution in [0.15, 0.2) is 115 Å². The molecule has 0 aliphatic heterocycles. The van der Waals surface area contributed by atoms with E-state index < -0.39 is 7.92 Å². The Kier molecular flexibility index (Phi) is 5.32. The molecule has 0 amide bonds. The van der Waals surface area contributed by atoms with Crippen LogP contribution in [0.25, 0.3) is 0 Å². The molecular formula is C25H22NP. The fraction of sp³-hybridized carbons (Fsp3) is 0.0400. The van der Waals surface area contributed by atoms with Gasteiger partial charge >= 0.3 is 0 Å². The summed E-state index contributed by atoms with van der Waals surface area (Å²) in [5.74, 6) is 0. The smallest absolute Gasteiger partial charge is 0.0492 e. The Labute approximate surface area is 162 Å². The van der Waals surface area contributed by atoms with Crippen molar-refractivity contribution in [3.05, 3.63) is 115 Å².